The zero-order chi connectivity index (χ0) is 12.7. The Morgan fingerprint density at radius 2 is 2.00 bits per heavy atom. The summed E-state index contributed by atoms with van der Waals surface area (Å²) in [4.78, 5) is 13.9. The average molecular weight is 244 g/mol. The van der Waals surface area contributed by atoms with Gasteiger partial charge in [0.25, 0.3) is 0 Å². The van der Waals surface area contributed by atoms with E-state index in [1.165, 1.54) is 22.4 Å². The van der Waals surface area contributed by atoms with Gasteiger partial charge in [-0.05, 0) is 48.4 Å². The second-order valence-corrected chi connectivity index (χ2v) is 5.47. The van der Waals surface area contributed by atoms with Gasteiger partial charge >= 0.3 is 0 Å². The SMILES string of the molecule is CC(CN)c1cc2c3c(c1)CCC(=O)N3CCC2. The summed E-state index contributed by atoms with van der Waals surface area (Å²) >= 11 is 0. The molecule has 1 amide bonds. The zero-order valence-corrected chi connectivity index (χ0v) is 10.9. The van der Waals surface area contributed by atoms with E-state index in [2.05, 4.69) is 19.1 Å². The molecule has 3 rings (SSSR count). The molecule has 0 aromatic heterocycles. The summed E-state index contributed by atoms with van der Waals surface area (Å²) in [6.07, 6.45) is 3.73. The second-order valence-electron chi connectivity index (χ2n) is 5.47. The number of nitrogens with zero attached hydrogens (tertiary/aromatic N) is 1. The average Bonchev–Trinajstić information content (AvgIpc) is 2.41. The minimum Gasteiger partial charge on any atom is -0.330 e. The molecule has 18 heavy (non-hydrogen) atoms. The van der Waals surface area contributed by atoms with Crippen LogP contribution in [-0.4, -0.2) is 19.0 Å². The van der Waals surface area contributed by atoms with E-state index in [0.717, 1.165) is 25.8 Å². The molecule has 1 unspecified atom stereocenters. The maximum Gasteiger partial charge on any atom is 0.227 e. The molecule has 2 N–H and O–H groups in total. The minimum atomic E-state index is 0.295. The molecule has 2 aliphatic heterocycles. The molecule has 3 heteroatoms. The lowest BCUT2D eigenvalue weighted by molar-refractivity contribution is -0.119. The van der Waals surface area contributed by atoms with Crippen molar-refractivity contribution < 1.29 is 4.79 Å². The first kappa shape index (κ1) is 11.7. The highest BCUT2D eigenvalue weighted by Crippen LogP contribution is 2.37. The van der Waals surface area contributed by atoms with Gasteiger partial charge in [0.2, 0.25) is 5.91 Å². The van der Waals surface area contributed by atoms with Crippen molar-refractivity contribution in [3.63, 3.8) is 0 Å². The normalized spacial score (nSPS) is 19.7. The number of hydrogen-bond donors (Lipinski definition) is 1. The van der Waals surface area contributed by atoms with E-state index in [1.54, 1.807) is 0 Å². The molecule has 96 valence electrons. The summed E-state index contributed by atoms with van der Waals surface area (Å²) in [5.41, 5.74) is 11.0. The maximum absolute atomic E-state index is 12.0. The summed E-state index contributed by atoms with van der Waals surface area (Å²) < 4.78 is 0. The van der Waals surface area contributed by atoms with Crippen LogP contribution in [0.5, 0.6) is 0 Å². The van der Waals surface area contributed by atoms with Crippen molar-refractivity contribution in [2.75, 3.05) is 18.0 Å². The van der Waals surface area contributed by atoms with Gasteiger partial charge in [0.1, 0.15) is 0 Å². The fourth-order valence-corrected chi connectivity index (χ4v) is 3.10. The van der Waals surface area contributed by atoms with Gasteiger partial charge in [-0.1, -0.05) is 19.1 Å². The molecule has 1 aromatic carbocycles. The molecule has 0 saturated heterocycles. The molecule has 1 aromatic rings. The smallest absolute Gasteiger partial charge is 0.227 e. The van der Waals surface area contributed by atoms with Gasteiger partial charge in [0, 0.05) is 13.0 Å². The largest absolute Gasteiger partial charge is 0.330 e. The summed E-state index contributed by atoms with van der Waals surface area (Å²) in [5.74, 6) is 0.697. The van der Waals surface area contributed by atoms with Crippen molar-refractivity contribution in [2.45, 2.75) is 38.5 Å². The third-order valence-corrected chi connectivity index (χ3v) is 4.22. The summed E-state index contributed by atoms with van der Waals surface area (Å²) in [6.45, 7) is 3.74. The minimum absolute atomic E-state index is 0.295. The predicted octanol–water partition coefficient (Wildman–Crippen LogP) is 1.97. The molecule has 0 saturated carbocycles. The molecule has 2 aliphatic rings. The lowest BCUT2D eigenvalue weighted by Gasteiger charge is -2.36. The number of rotatable bonds is 2. The van der Waals surface area contributed by atoms with Crippen molar-refractivity contribution in [3.8, 4) is 0 Å². The third-order valence-electron chi connectivity index (χ3n) is 4.22. The highest BCUT2D eigenvalue weighted by Gasteiger charge is 2.29. The Balaban J connectivity index is 2.11. The van der Waals surface area contributed by atoms with Gasteiger partial charge < -0.3 is 10.6 Å². The van der Waals surface area contributed by atoms with Crippen LogP contribution in [0.1, 0.15) is 42.4 Å². The molecule has 0 aliphatic carbocycles. The molecule has 3 nitrogen and oxygen atoms in total. The van der Waals surface area contributed by atoms with Crippen molar-refractivity contribution in [2.24, 2.45) is 5.73 Å². The Kier molecular flexibility index (Phi) is 2.86. The summed E-state index contributed by atoms with van der Waals surface area (Å²) in [7, 11) is 0. The quantitative estimate of drug-likeness (QED) is 0.864. The summed E-state index contributed by atoms with van der Waals surface area (Å²) in [5, 5.41) is 0. The monoisotopic (exact) mass is 244 g/mol. The number of carbonyl (C=O) groups excluding carboxylic acids is 1. The Bertz CT molecular complexity index is 478. The Labute approximate surface area is 108 Å². The van der Waals surface area contributed by atoms with E-state index in [1.807, 2.05) is 4.90 Å². The highest BCUT2D eigenvalue weighted by atomic mass is 16.2. The first-order chi connectivity index (χ1) is 8.70. The second kappa shape index (κ2) is 4.39. The highest BCUT2D eigenvalue weighted by molar-refractivity contribution is 5.97. The fraction of sp³-hybridized carbons (Fsp3) is 0.533. The topological polar surface area (TPSA) is 46.3 Å². The molecular weight excluding hydrogens is 224 g/mol. The zero-order valence-electron chi connectivity index (χ0n) is 10.9. The lowest BCUT2D eigenvalue weighted by atomic mass is 9.87. The lowest BCUT2D eigenvalue weighted by Crippen LogP contribution is -2.39. The molecule has 0 bridgehead atoms. The molecule has 0 radical (unpaired) electrons. The number of amides is 1. The summed E-state index contributed by atoms with van der Waals surface area (Å²) in [6, 6.07) is 4.53. The van der Waals surface area contributed by atoms with Crippen LogP contribution in [0.15, 0.2) is 12.1 Å². The number of benzene rings is 1. The van der Waals surface area contributed by atoms with E-state index >= 15 is 0 Å². The van der Waals surface area contributed by atoms with Crippen LogP contribution in [-0.2, 0) is 17.6 Å². The number of nitrogens with two attached hydrogens (primary N) is 1. The van der Waals surface area contributed by atoms with Gasteiger partial charge in [-0.2, -0.15) is 0 Å². The number of hydrogen-bond acceptors (Lipinski definition) is 2. The number of aryl methyl sites for hydroxylation is 2. The van der Waals surface area contributed by atoms with E-state index < -0.39 is 0 Å². The van der Waals surface area contributed by atoms with Gasteiger partial charge in [-0.15, -0.1) is 0 Å². The Hall–Kier alpha value is -1.35. The number of anilines is 1. The van der Waals surface area contributed by atoms with Crippen molar-refractivity contribution in [3.05, 3.63) is 28.8 Å². The third kappa shape index (κ3) is 1.74. The molecule has 0 spiro atoms. The maximum atomic E-state index is 12.0. The molecule has 2 heterocycles. The van der Waals surface area contributed by atoms with Crippen LogP contribution >= 0.6 is 0 Å². The predicted molar refractivity (Wildman–Crippen MR) is 72.9 cm³/mol. The Morgan fingerprint density at radius 3 is 2.72 bits per heavy atom. The fourth-order valence-electron chi connectivity index (χ4n) is 3.10. The van der Waals surface area contributed by atoms with E-state index in [4.69, 9.17) is 5.73 Å². The van der Waals surface area contributed by atoms with E-state index in [0.29, 0.717) is 24.8 Å². The van der Waals surface area contributed by atoms with E-state index in [-0.39, 0.29) is 0 Å². The first-order valence-corrected chi connectivity index (χ1v) is 6.87. The van der Waals surface area contributed by atoms with Crippen LogP contribution in [0.2, 0.25) is 0 Å². The molecular formula is C15H20N2O. The van der Waals surface area contributed by atoms with Crippen molar-refractivity contribution in [1.29, 1.82) is 0 Å². The van der Waals surface area contributed by atoms with Gasteiger partial charge in [-0.25, -0.2) is 0 Å². The van der Waals surface area contributed by atoms with Crippen LogP contribution in [0.25, 0.3) is 0 Å². The Morgan fingerprint density at radius 1 is 1.28 bits per heavy atom. The first-order valence-electron chi connectivity index (χ1n) is 6.87. The van der Waals surface area contributed by atoms with Crippen LogP contribution in [0.3, 0.4) is 0 Å². The van der Waals surface area contributed by atoms with Crippen molar-refractivity contribution in [1.82, 2.24) is 0 Å². The van der Waals surface area contributed by atoms with E-state index in [9.17, 15) is 4.79 Å². The van der Waals surface area contributed by atoms with Crippen LogP contribution < -0.4 is 10.6 Å². The van der Waals surface area contributed by atoms with Gasteiger partial charge in [-0.3, -0.25) is 4.79 Å². The molecule has 0 fully saturated rings. The number of carbonyl (C=O) groups is 1. The van der Waals surface area contributed by atoms with Gasteiger partial charge in [0.15, 0.2) is 0 Å². The van der Waals surface area contributed by atoms with Gasteiger partial charge in [0.05, 0.1) is 5.69 Å². The standard InChI is InChI=1S/C15H20N2O/c1-10(9-16)13-7-11-3-2-6-17-14(18)5-4-12(8-13)15(11)17/h7-8,10H,2-6,9,16H2,1H3. The van der Waals surface area contributed by atoms with Crippen molar-refractivity contribution >= 4 is 11.6 Å². The van der Waals surface area contributed by atoms with Crippen LogP contribution in [0.4, 0.5) is 5.69 Å². The van der Waals surface area contributed by atoms with Crippen LogP contribution in [0, 0.1) is 0 Å². The molecule has 1 atom stereocenters.